The summed E-state index contributed by atoms with van der Waals surface area (Å²) in [6.45, 7) is 5.14. The van der Waals surface area contributed by atoms with Gasteiger partial charge in [-0.2, -0.15) is 0 Å². The van der Waals surface area contributed by atoms with Gasteiger partial charge in [-0.25, -0.2) is 0 Å². The summed E-state index contributed by atoms with van der Waals surface area (Å²) in [7, 11) is 3.90. The van der Waals surface area contributed by atoms with Gasteiger partial charge in [0.25, 0.3) is 0 Å². The van der Waals surface area contributed by atoms with Crippen LogP contribution < -0.4 is 0 Å². The Hall–Kier alpha value is -0.791. The zero-order valence-electron chi connectivity index (χ0n) is 12.3. The third-order valence-electron chi connectivity index (χ3n) is 3.45. The molecule has 0 aromatic heterocycles. The number of carbonyl (C=O) groups excluding carboxylic acids is 3. The van der Waals surface area contributed by atoms with Gasteiger partial charge >= 0.3 is 120 Å². The summed E-state index contributed by atoms with van der Waals surface area (Å²) in [6, 6.07) is 0. The molecular formula is C12H22O6Sn. The zero-order valence-corrected chi connectivity index (χ0v) is 15.6. The Morgan fingerprint density at radius 1 is 0.684 bits per heavy atom. The van der Waals surface area contributed by atoms with Crippen molar-refractivity contribution >= 4 is 37.7 Å². The van der Waals surface area contributed by atoms with Gasteiger partial charge in [0.1, 0.15) is 0 Å². The van der Waals surface area contributed by atoms with Crippen LogP contribution in [0.4, 0.5) is 0 Å². The maximum absolute atomic E-state index is 11.7. The average Bonchev–Trinajstić information content (AvgIpc) is 2.43. The summed E-state index contributed by atoms with van der Waals surface area (Å²) in [5.74, 6) is -1.15. The first kappa shape index (κ1) is 18.2. The van der Waals surface area contributed by atoms with Crippen molar-refractivity contribution in [3.63, 3.8) is 0 Å². The average molecular weight is 381 g/mol. The van der Waals surface area contributed by atoms with E-state index in [0.717, 1.165) is 0 Å². The molecule has 110 valence electrons. The van der Waals surface area contributed by atoms with Gasteiger partial charge in [-0.1, -0.05) is 0 Å². The van der Waals surface area contributed by atoms with Crippen LogP contribution in [-0.4, -0.2) is 59.0 Å². The van der Waals surface area contributed by atoms with Crippen LogP contribution in [0, 0.1) is 0 Å². The molecule has 0 saturated carbocycles. The van der Waals surface area contributed by atoms with Crippen molar-refractivity contribution in [3.05, 3.63) is 0 Å². The fourth-order valence-corrected chi connectivity index (χ4v) is 13.6. The fourth-order valence-electron chi connectivity index (χ4n) is 2.33. The number of carbonyl (C=O) groups is 3. The molecule has 19 heavy (non-hydrogen) atoms. The predicted octanol–water partition coefficient (Wildman–Crippen LogP) is 0.903. The summed E-state index contributed by atoms with van der Waals surface area (Å²) in [5, 5.41) is 0. The van der Waals surface area contributed by atoms with E-state index in [1.165, 1.54) is 21.3 Å². The van der Waals surface area contributed by atoms with Crippen LogP contribution in [0.15, 0.2) is 0 Å². The summed E-state index contributed by atoms with van der Waals surface area (Å²) in [4.78, 5) is 35.1. The Morgan fingerprint density at radius 3 is 1.05 bits per heavy atom. The number of ether oxygens (including phenoxy) is 3. The molecule has 0 aromatic carbocycles. The van der Waals surface area contributed by atoms with Crippen LogP contribution in [0.5, 0.6) is 0 Å². The number of hydrogen-bond donors (Lipinski definition) is 0. The van der Waals surface area contributed by atoms with E-state index < -0.39 is 31.6 Å². The minimum absolute atomic E-state index is 0.382. The maximum atomic E-state index is 11.7. The SMILES string of the molecule is COC(=O)[CH](C)[SnH]([CH](C)C(=O)OC)[CH](C)C(=O)OC. The van der Waals surface area contributed by atoms with Crippen LogP contribution in [0.2, 0.25) is 11.8 Å². The van der Waals surface area contributed by atoms with E-state index in [9.17, 15) is 14.4 Å². The Balaban J connectivity index is 5.29. The normalized spacial score (nSPS) is 16.7. The molecule has 0 bridgehead atoms. The summed E-state index contributed by atoms with van der Waals surface area (Å²) in [5.41, 5.74) is 0. The third kappa shape index (κ3) is 4.67. The summed E-state index contributed by atoms with van der Waals surface area (Å²) >= 11 is -2.99. The van der Waals surface area contributed by atoms with Crippen molar-refractivity contribution in [1.82, 2.24) is 0 Å². The number of esters is 3. The van der Waals surface area contributed by atoms with Gasteiger partial charge in [0.05, 0.1) is 0 Å². The van der Waals surface area contributed by atoms with Gasteiger partial charge in [0, 0.05) is 0 Å². The van der Waals surface area contributed by atoms with Crippen molar-refractivity contribution in [1.29, 1.82) is 0 Å². The molecule has 0 aliphatic rings. The van der Waals surface area contributed by atoms with Gasteiger partial charge in [-0.3, -0.25) is 0 Å². The molecule has 0 heterocycles. The van der Waals surface area contributed by atoms with Crippen molar-refractivity contribution in [2.45, 2.75) is 32.6 Å². The first-order chi connectivity index (χ1) is 8.81. The van der Waals surface area contributed by atoms with Crippen molar-refractivity contribution < 1.29 is 28.6 Å². The molecule has 0 radical (unpaired) electrons. The van der Waals surface area contributed by atoms with Crippen molar-refractivity contribution in [3.8, 4) is 0 Å². The second-order valence-electron chi connectivity index (χ2n) is 4.51. The van der Waals surface area contributed by atoms with Crippen LogP contribution in [0.1, 0.15) is 20.8 Å². The topological polar surface area (TPSA) is 78.9 Å². The monoisotopic (exact) mass is 382 g/mol. The van der Waals surface area contributed by atoms with Gasteiger partial charge in [-0.15, -0.1) is 0 Å². The fraction of sp³-hybridized carbons (Fsp3) is 0.750. The molecule has 0 N–H and O–H groups in total. The standard InChI is InChI=1S/3C4H7O2.Sn.H/c3*1-3-4(5)6-2;;/h3*3H,1-2H3;;. The van der Waals surface area contributed by atoms with E-state index >= 15 is 0 Å². The van der Waals surface area contributed by atoms with E-state index in [0.29, 0.717) is 0 Å². The van der Waals surface area contributed by atoms with Gasteiger partial charge < -0.3 is 0 Å². The molecule has 0 aliphatic heterocycles. The molecule has 0 aromatic rings. The van der Waals surface area contributed by atoms with Crippen LogP contribution in [0.25, 0.3) is 0 Å². The van der Waals surface area contributed by atoms with Crippen LogP contribution >= 0.6 is 0 Å². The van der Waals surface area contributed by atoms with Gasteiger partial charge in [0.2, 0.25) is 0 Å². The van der Waals surface area contributed by atoms with E-state index in [2.05, 4.69) is 0 Å². The Labute approximate surface area is 120 Å². The van der Waals surface area contributed by atoms with Crippen molar-refractivity contribution in [2.75, 3.05) is 21.3 Å². The van der Waals surface area contributed by atoms with Gasteiger partial charge in [0.15, 0.2) is 0 Å². The first-order valence-electron chi connectivity index (χ1n) is 6.05. The van der Waals surface area contributed by atoms with E-state index in [1.807, 2.05) is 0 Å². The summed E-state index contributed by atoms with van der Waals surface area (Å²) < 4.78 is 13.0. The Bertz CT molecular complexity index is 291. The Morgan fingerprint density at radius 2 is 0.895 bits per heavy atom. The second-order valence-corrected chi connectivity index (χ2v) is 16.4. The molecule has 3 atom stereocenters. The van der Waals surface area contributed by atoms with Crippen LogP contribution in [0.3, 0.4) is 0 Å². The molecule has 0 rings (SSSR count). The summed E-state index contributed by atoms with van der Waals surface area (Å²) in [6.07, 6.45) is 0. The van der Waals surface area contributed by atoms with Gasteiger partial charge in [-0.05, 0) is 0 Å². The third-order valence-corrected chi connectivity index (χ3v) is 15.7. The van der Waals surface area contributed by atoms with Crippen LogP contribution in [-0.2, 0) is 28.6 Å². The van der Waals surface area contributed by atoms with E-state index in [1.54, 1.807) is 20.8 Å². The number of methoxy groups -OCH3 is 3. The minimum atomic E-state index is -2.99. The van der Waals surface area contributed by atoms with E-state index in [-0.39, 0.29) is 17.9 Å². The Kier molecular flexibility index (Phi) is 8.04. The van der Waals surface area contributed by atoms with E-state index in [4.69, 9.17) is 14.2 Å². The zero-order chi connectivity index (χ0) is 15.2. The molecule has 0 aliphatic carbocycles. The molecule has 0 spiro atoms. The molecule has 0 saturated heterocycles. The quantitative estimate of drug-likeness (QED) is 0.387. The molecule has 0 amide bonds. The number of hydrogen-bond acceptors (Lipinski definition) is 6. The second kappa shape index (κ2) is 8.39. The molecular weight excluding hydrogens is 359 g/mol. The first-order valence-corrected chi connectivity index (χ1v) is 11.8. The molecule has 0 fully saturated rings. The molecule has 7 heteroatoms. The molecule has 3 unspecified atom stereocenters. The van der Waals surface area contributed by atoms with Crippen molar-refractivity contribution in [2.24, 2.45) is 0 Å². The number of rotatable bonds is 6. The molecule has 6 nitrogen and oxygen atoms in total. The predicted molar refractivity (Wildman–Crippen MR) is 71.5 cm³/mol.